The van der Waals surface area contributed by atoms with Crippen LogP contribution in [0.15, 0.2) is 30.3 Å². The van der Waals surface area contributed by atoms with Crippen LogP contribution in [-0.4, -0.2) is 22.9 Å². The predicted molar refractivity (Wildman–Crippen MR) is 94.3 cm³/mol. The molecule has 2 aromatic rings. The molecule has 0 atom stereocenters. The Morgan fingerprint density at radius 3 is 2.42 bits per heavy atom. The van der Waals surface area contributed by atoms with Gasteiger partial charge in [0.25, 0.3) is 0 Å². The van der Waals surface area contributed by atoms with E-state index in [9.17, 15) is 9.59 Å². The van der Waals surface area contributed by atoms with E-state index in [1.54, 1.807) is 4.57 Å². The van der Waals surface area contributed by atoms with Gasteiger partial charge < -0.3 is 9.30 Å². The van der Waals surface area contributed by atoms with E-state index in [4.69, 9.17) is 4.74 Å². The molecule has 4 nitrogen and oxygen atoms in total. The van der Waals surface area contributed by atoms with Crippen molar-refractivity contribution in [1.82, 2.24) is 4.57 Å². The lowest BCUT2D eigenvalue weighted by atomic mass is 10.0. The first kappa shape index (κ1) is 18.0. The molecular formula is C20H25NO3. The number of ether oxygens (including phenoxy) is 1. The van der Waals surface area contributed by atoms with Crippen molar-refractivity contribution < 1.29 is 14.3 Å². The summed E-state index contributed by atoms with van der Waals surface area (Å²) in [7, 11) is 1.82. The lowest BCUT2D eigenvalue weighted by molar-refractivity contribution is -0.143. The second kappa shape index (κ2) is 7.95. The maximum absolute atomic E-state index is 12.8. The van der Waals surface area contributed by atoms with Crippen molar-refractivity contribution in [2.75, 3.05) is 6.61 Å². The summed E-state index contributed by atoms with van der Waals surface area (Å²) in [6.45, 7) is 6.39. The highest BCUT2D eigenvalue weighted by atomic mass is 16.5. The van der Waals surface area contributed by atoms with Crippen LogP contribution in [0.25, 0.3) is 0 Å². The first-order chi connectivity index (χ1) is 11.4. The second-order valence-electron chi connectivity index (χ2n) is 6.17. The number of hydrogen-bond acceptors (Lipinski definition) is 3. The molecular weight excluding hydrogens is 302 g/mol. The van der Waals surface area contributed by atoms with E-state index in [1.165, 1.54) is 0 Å². The fourth-order valence-corrected chi connectivity index (χ4v) is 2.70. The van der Waals surface area contributed by atoms with Crippen LogP contribution >= 0.6 is 0 Å². The number of aryl methyl sites for hydroxylation is 2. The van der Waals surface area contributed by atoms with E-state index in [-0.39, 0.29) is 18.2 Å². The minimum absolute atomic E-state index is 0.0272. The summed E-state index contributed by atoms with van der Waals surface area (Å²) in [5.41, 5.74) is 4.06. The van der Waals surface area contributed by atoms with Crippen LogP contribution in [0.4, 0.5) is 0 Å². The van der Waals surface area contributed by atoms with E-state index in [0.717, 1.165) is 29.7 Å². The highest BCUT2D eigenvalue weighted by Gasteiger charge is 2.19. The van der Waals surface area contributed by atoms with E-state index >= 15 is 0 Å². The molecule has 1 heterocycles. The summed E-state index contributed by atoms with van der Waals surface area (Å²) >= 11 is 0. The Labute approximate surface area is 143 Å². The van der Waals surface area contributed by atoms with Gasteiger partial charge in [-0.05, 0) is 31.9 Å². The molecule has 0 aliphatic heterocycles. The highest BCUT2D eigenvalue weighted by Crippen LogP contribution is 2.19. The summed E-state index contributed by atoms with van der Waals surface area (Å²) in [4.78, 5) is 24.7. The lowest BCUT2D eigenvalue weighted by Crippen LogP contribution is -2.14. The minimum Gasteiger partial charge on any atom is -0.465 e. The van der Waals surface area contributed by atoms with Gasteiger partial charge in [0.1, 0.15) is 0 Å². The van der Waals surface area contributed by atoms with Gasteiger partial charge in [-0.1, -0.05) is 43.2 Å². The number of aromatic nitrogens is 1. The second-order valence-corrected chi connectivity index (χ2v) is 6.17. The largest absolute Gasteiger partial charge is 0.465 e. The smallest absolute Gasteiger partial charge is 0.311 e. The van der Waals surface area contributed by atoms with Crippen molar-refractivity contribution in [3.63, 3.8) is 0 Å². The minimum atomic E-state index is -0.251. The van der Waals surface area contributed by atoms with Crippen LogP contribution in [0.2, 0.25) is 0 Å². The van der Waals surface area contributed by atoms with Crippen LogP contribution in [-0.2, 0) is 23.0 Å². The van der Waals surface area contributed by atoms with Gasteiger partial charge in [-0.2, -0.15) is 0 Å². The summed E-state index contributed by atoms with van der Waals surface area (Å²) < 4.78 is 7.02. The van der Waals surface area contributed by atoms with Crippen molar-refractivity contribution in [2.24, 2.45) is 7.05 Å². The Morgan fingerprint density at radius 2 is 1.79 bits per heavy atom. The van der Waals surface area contributed by atoms with Crippen molar-refractivity contribution >= 4 is 11.8 Å². The fraction of sp³-hybridized carbons (Fsp3) is 0.400. The summed E-state index contributed by atoms with van der Waals surface area (Å²) in [6, 6.07) is 9.42. The molecule has 0 aliphatic rings. The summed E-state index contributed by atoms with van der Waals surface area (Å²) in [5.74, 6) is -0.279. The number of hydrogen-bond donors (Lipinski definition) is 0. The van der Waals surface area contributed by atoms with Gasteiger partial charge in [-0.15, -0.1) is 0 Å². The molecule has 4 heteroatoms. The summed E-state index contributed by atoms with van der Waals surface area (Å²) in [6.07, 6.45) is 2.04. The zero-order valence-electron chi connectivity index (χ0n) is 14.9. The van der Waals surface area contributed by atoms with Gasteiger partial charge >= 0.3 is 5.97 Å². The molecule has 0 radical (unpaired) electrons. The monoisotopic (exact) mass is 327 g/mol. The Kier molecular flexibility index (Phi) is 5.96. The Bertz CT molecular complexity index is 726. The predicted octanol–water partition coefficient (Wildman–Crippen LogP) is 3.76. The molecule has 128 valence electrons. The topological polar surface area (TPSA) is 48.3 Å². The normalized spacial score (nSPS) is 10.7. The van der Waals surface area contributed by atoms with Gasteiger partial charge in [0.05, 0.1) is 18.7 Å². The quantitative estimate of drug-likeness (QED) is 0.442. The summed E-state index contributed by atoms with van der Waals surface area (Å²) in [5, 5.41) is 0. The Hall–Kier alpha value is -2.36. The number of esters is 1. The van der Waals surface area contributed by atoms with Crippen molar-refractivity contribution in [3.8, 4) is 0 Å². The molecule has 1 aromatic carbocycles. The number of unbranched alkanes of at least 4 members (excludes halogenated alkanes) is 1. The number of rotatable bonds is 7. The fourth-order valence-electron chi connectivity index (χ4n) is 2.70. The average molecular weight is 327 g/mol. The molecule has 0 unspecified atom stereocenters. The SMILES string of the molecule is CCCCOC(=O)Cc1cc(C)c(C(=O)c2ccc(C)cc2)n1C. The number of carbonyl (C=O) groups is 2. The van der Waals surface area contributed by atoms with E-state index in [2.05, 4.69) is 6.92 Å². The number of carbonyl (C=O) groups excluding carboxylic acids is 2. The van der Waals surface area contributed by atoms with Crippen LogP contribution in [0.1, 0.15) is 52.6 Å². The Morgan fingerprint density at radius 1 is 1.12 bits per heavy atom. The van der Waals surface area contributed by atoms with E-state index < -0.39 is 0 Å². The zero-order valence-corrected chi connectivity index (χ0v) is 14.9. The van der Waals surface area contributed by atoms with Crippen molar-refractivity contribution in [1.29, 1.82) is 0 Å². The van der Waals surface area contributed by atoms with Gasteiger partial charge in [0, 0.05) is 18.3 Å². The average Bonchev–Trinajstić information content (AvgIpc) is 2.81. The molecule has 0 spiro atoms. The number of ketones is 1. The van der Waals surface area contributed by atoms with Crippen LogP contribution < -0.4 is 0 Å². The maximum atomic E-state index is 12.8. The van der Waals surface area contributed by atoms with Crippen LogP contribution in [0.3, 0.4) is 0 Å². The van der Waals surface area contributed by atoms with Crippen molar-refractivity contribution in [2.45, 2.75) is 40.0 Å². The van der Waals surface area contributed by atoms with Crippen LogP contribution in [0, 0.1) is 13.8 Å². The molecule has 0 saturated carbocycles. The van der Waals surface area contributed by atoms with E-state index in [0.29, 0.717) is 17.9 Å². The lowest BCUT2D eigenvalue weighted by Gasteiger charge is -2.08. The van der Waals surface area contributed by atoms with E-state index in [1.807, 2.05) is 51.2 Å². The first-order valence-electron chi connectivity index (χ1n) is 8.36. The molecule has 0 aliphatic carbocycles. The number of benzene rings is 1. The Balaban J connectivity index is 2.18. The molecule has 24 heavy (non-hydrogen) atoms. The molecule has 0 amide bonds. The number of nitrogens with zero attached hydrogens (tertiary/aromatic N) is 1. The van der Waals surface area contributed by atoms with Gasteiger partial charge in [-0.3, -0.25) is 9.59 Å². The standard InChI is InChI=1S/C20H25NO3/c1-5-6-11-24-18(22)13-17-12-15(3)19(21(17)4)20(23)16-9-7-14(2)8-10-16/h7-10,12H,5-6,11,13H2,1-4H3. The van der Waals surface area contributed by atoms with Gasteiger partial charge in [0.15, 0.2) is 0 Å². The third kappa shape index (κ3) is 4.13. The molecule has 0 fully saturated rings. The van der Waals surface area contributed by atoms with Crippen molar-refractivity contribution in [3.05, 3.63) is 58.4 Å². The molecule has 0 saturated heterocycles. The van der Waals surface area contributed by atoms with Crippen LogP contribution in [0.5, 0.6) is 0 Å². The van der Waals surface area contributed by atoms with Gasteiger partial charge in [-0.25, -0.2) is 0 Å². The first-order valence-corrected chi connectivity index (χ1v) is 8.36. The van der Waals surface area contributed by atoms with Gasteiger partial charge in [0.2, 0.25) is 5.78 Å². The maximum Gasteiger partial charge on any atom is 0.311 e. The zero-order chi connectivity index (χ0) is 17.7. The third-order valence-corrected chi connectivity index (χ3v) is 4.14. The molecule has 1 aromatic heterocycles. The molecule has 0 bridgehead atoms. The molecule has 0 N–H and O–H groups in total. The molecule has 2 rings (SSSR count). The highest BCUT2D eigenvalue weighted by molar-refractivity contribution is 6.09. The third-order valence-electron chi connectivity index (χ3n) is 4.14.